The normalized spacial score (nSPS) is 23.8. The minimum Gasteiger partial charge on any atom is -0.348 e. The molecule has 1 saturated heterocycles. The van der Waals surface area contributed by atoms with Crippen molar-refractivity contribution in [1.82, 2.24) is 4.90 Å². The van der Waals surface area contributed by atoms with Crippen LogP contribution in [0, 0.1) is 11.8 Å². The van der Waals surface area contributed by atoms with Gasteiger partial charge in [-0.05, 0) is 54.7 Å². The van der Waals surface area contributed by atoms with Gasteiger partial charge in [-0.1, -0.05) is 25.4 Å². The van der Waals surface area contributed by atoms with E-state index in [-0.39, 0.29) is 0 Å². The van der Waals surface area contributed by atoms with E-state index in [1.807, 2.05) is 24.3 Å². The number of anilines is 1. The van der Waals surface area contributed by atoms with Gasteiger partial charge in [0.2, 0.25) is 0 Å². The largest absolute Gasteiger partial charge is 0.348 e. The Kier molecular flexibility index (Phi) is 4.46. The van der Waals surface area contributed by atoms with Crippen molar-refractivity contribution >= 4 is 34.6 Å². The maximum Gasteiger partial charge on any atom is 0.173 e. The molecule has 1 fully saturated rings. The summed E-state index contributed by atoms with van der Waals surface area (Å²) in [6.07, 6.45) is 1.29. The van der Waals surface area contributed by atoms with Gasteiger partial charge in [-0.2, -0.15) is 0 Å². The molecule has 0 saturated carbocycles. The summed E-state index contributed by atoms with van der Waals surface area (Å²) in [4.78, 5) is 2.27. The third-order valence-corrected chi connectivity index (χ3v) is 3.86. The first-order valence-corrected chi connectivity index (χ1v) is 7.14. The molecule has 0 aliphatic carbocycles. The van der Waals surface area contributed by atoms with Gasteiger partial charge in [0, 0.05) is 23.8 Å². The van der Waals surface area contributed by atoms with Gasteiger partial charge in [-0.3, -0.25) is 0 Å². The summed E-state index contributed by atoms with van der Waals surface area (Å²) in [5.41, 5.74) is 0.996. The van der Waals surface area contributed by atoms with Gasteiger partial charge in [-0.15, -0.1) is 0 Å². The van der Waals surface area contributed by atoms with Crippen molar-refractivity contribution in [2.24, 2.45) is 11.8 Å². The molecular weight excluding hydrogens is 264 g/mol. The Hall–Kier alpha value is -0.800. The summed E-state index contributed by atoms with van der Waals surface area (Å²) >= 11 is 11.3. The Morgan fingerprint density at radius 3 is 2.33 bits per heavy atom. The van der Waals surface area contributed by atoms with E-state index in [1.165, 1.54) is 6.42 Å². The van der Waals surface area contributed by atoms with E-state index in [2.05, 4.69) is 24.1 Å². The number of halogens is 1. The third kappa shape index (κ3) is 3.59. The molecule has 1 aromatic rings. The number of hydrogen-bond donors (Lipinski definition) is 1. The highest BCUT2D eigenvalue weighted by atomic mass is 35.5. The van der Waals surface area contributed by atoms with Gasteiger partial charge < -0.3 is 10.2 Å². The van der Waals surface area contributed by atoms with Gasteiger partial charge in [0.1, 0.15) is 0 Å². The number of hydrogen-bond acceptors (Lipinski definition) is 1. The van der Waals surface area contributed by atoms with Crippen molar-refractivity contribution in [2.75, 3.05) is 18.4 Å². The zero-order chi connectivity index (χ0) is 13.1. The Morgan fingerprint density at radius 2 is 1.78 bits per heavy atom. The molecule has 1 heterocycles. The summed E-state index contributed by atoms with van der Waals surface area (Å²) < 4.78 is 0. The van der Waals surface area contributed by atoms with Crippen LogP contribution in [0.4, 0.5) is 5.69 Å². The second-order valence-electron chi connectivity index (χ2n) is 5.29. The minimum atomic E-state index is 0.707. The molecule has 2 atom stereocenters. The van der Waals surface area contributed by atoms with E-state index < -0.39 is 0 Å². The summed E-state index contributed by atoms with van der Waals surface area (Å²) in [7, 11) is 0. The summed E-state index contributed by atoms with van der Waals surface area (Å²) in [6, 6.07) is 7.64. The number of nitrogens with one attached hydrogen (secondary N) is 1. The van der Waals surface area contributed by atoms with Crippen LogP contribution >= 0.6 is 23.8 Å². The van der Waals surface area contributed by atoms with E-state index in [0.717, 1.165) is 28.9 Å². The molecule has 2 unspecified atom stereocenters. The molecule has 0 aromatic heterocycles. The fourth-order valence-electron chi connectivity index (χ4n) is 2.56. The lowest BCUT2D eigenvalue weighted by Crippen LogP contribution is -2.44. The minimum absolute atomic E-state index is 0.707. The van der Waals surface area contributed by atoms with E-state index in [0.29, 0.717) is 11.8 Å². The molecule has 0 amide bonds. The quantitative estimate of drug-likeness (QED) is 0.784. The first-order chi connectivity index (χ1) is 8.54. The molecule has 2 rings (SSSR count). The number of benzene rings is 1. The van der Waals surface area contributed by atoms with Crippen molar-refractivity contribution in [3.05, 3.63) is 29.3 Å². The van der Waals surface area contributed by atoms with Gasteiger partial charge >= 0.3 is 0 Å². The van der Waals surface area contributed by atoms with Gasteiger partial charge in [0.15, 0.2) is 5.11 Å². The van der Waals surface area contributed by atoms with Crippen LogP contribution in [-0.2, 0) is 0 Å². The lowest BCUT2D eigenvalue weighted by molar-refractivity contribution is 0.216. The molecule has 1 aromatic carbocycles. The molecular formula is C14H19ClN2S. The van der Waals surface area contributed by atoms with Crippen LogP contribution in [0.2, 0.25) is 5.02 Å². The maximum absolute atomic E-state index is 5.86. The number of likely N-dealkylation sites (tertiary alicyclic amines) is 1. The summed E-state index contributed by atoms with van der Waals surface area (Å²) in [5.74, 6) is 1.41. The Balaban J connectivity index is 1.97. The fourth-order valence-corrected chi connectivity index (χ4v) is 2.96. The van der Waals surface area contributed by atoms with E-state index in [1.54, 1.807) is 0 Å². The van der Waals surface area contributed by atoms with Crippen LogP contribution in [0.3, 0.4) is 0 Å². The number of piperidine rings is 1. The van der Waals surface area contributed by atoms with Gasteiger partial charge in [-0.25, -0.2) is 0 Å². The number of thiocarbonyl (C=S) groups is 1. The number of rotatable bonds is 1. The SMILES string of the molecule is CC1CC(C)CN(C(=S)Nc2ccc(Cl)cc2)C1. The molecule has 98 valence electrons. The standard InChI is InChI=1S/C14H19ClN2S/c1-10-7-11(2)9-17(8-10)14(18)16-13-5-3-12(15)4-6-13/h3-6,10-11H,7-9H2,1-2H3,(H,16,18). The van der Waals surface area contributed by atoms with Crippen molar-refractivity contribution in [3.8, 4) is 0 Å². The summed E-state index contributed by atoms with van der Waals surface area (Å²) in [6.45, 7) is 6.66. The first-order valence-electron chi connectivity index (χ1n) is 6.36. The highest BCUT2D eigenvalue weighted by Crippen LogP contribution is 2.22. The topological polar surface area (TPSA) is 15.3 Å². The fraction of sp³-hybridized carbons (Fsp3) is 0.500. The molecule has 2 nitrogen and oxygen atoms in total. The van der Waals surface area contributed by atoms with E-state index >= 15 is 0 Å². The molecule has 18 heavy (non-hydrogen) atoms. The van der Waals surface area contributed by atoms with Crippen molar-refractivity contribution in [3.63, 3.8) is 0 Å². The van der Waals surface area contributed by atoms with Crippen LogP contribution < -0.4 is 5.32 Å². The second kappa shape index (κ2) is 5.89. The van der Waals surface area contributed by atoms with Gasteiger partial charge in [0.25, 0.3) is 0 Å². The number of nitrogens with zero attached hydrogens (tertiary/aromatic N) is 1. The maximum atomic E-state index is 5.86. The lowest BCUT2D eigenvalue weighted by atomic mass is 9.92. The third-order valence-electron chi connectivity index (χ3n) is 3.25. The Morgan fingerprint density at radius 1 is 1.22 bits per heavy atom. The Labute approximate surface area is 119 Å². The monoisotopic (exact) mass is 282 g/mol. The zero-order valence-corrected chi connectivity index (χ0v) is 12.4. The van der Waals surface area contributed by atoms with E-state index in [4.69, 9.17) is 23.8 Å². The van der Waals surface area contributed by atoms with Crippen molar-refractivity contribution in [2.45, 2.75) is 20.3 Å². The molecule has 1 N–H and O–H groups in total. The molecule has 4 heteroatoms. The molecule has 0 bridgehead atoms. The predicted octanol–water partition coefficient (Wildman–Crippen LogP) is 4.01. The van der Waals surface area contributed by atoms with Crippen molar-refractivity contribution in [1.29, 1.82) is 0 Å². The average molecular weight is 283 g/mol. The van der Waals surface area contributed by atoms with Crippen LogP contribution in [0.1, 0.15) is 20.3 Å². The molecule has 1 aliphatic rings. The Bertz CT molecular complexity index is 408. The summed E-state index contributed by atoms with van der Waals surface area (Å²) in [5, 5.41) is 4.84. The van der Waals surface area contributed by atoms with Crippen LogP contribution in [0.5, 0.6) is 0 Å². The van der Waals surface area contributed by atoms with Gasteiger partial charge in [0.05, 0.1) is 0 Å². The van der Waals surface area contributed by atoms with Crippen LogP contribution in [0.15, 0.2) is 24.3 Å². The molecule has 0 radical (unpaired) electrons. The van der Waals surface area contributed by atoms with Crippen LogP contribution in [0.25, 0.3) is 0 Å². The molecule has 1 aliphatic heterocycles. The van der Waals surface area contributed by atoms with E-state index in [9.17, 15) is 0 Å². The van der Waals surface area contributed by atoms with Crippen molar-refractivity contribution < 1.29 is 0 Å². The predicted molar refractivity (Wildman–Crippen MR) is 82.2 cm³/mol. The smallest absolute Gasteiger partial charge is 0.173 e. The highest BCUT2D eigenvalue weighted by molar-refractivity contribution is 7.80. The zero-order valence-electron chi connectivity index (χ0n) is 10.8. The first kappa shape index (κ1) is 13.6. The lowest BCUT2D eigenvalue weighted by Gasteiger charge is -2.36. The second-order valence-corrected chi connectivity index (χ2v) is 6.11. The highest BCUT2D eigenvalue weighted by Gasteiger charge is 2.23. The molecule has 0 spiro atoms. The average Bonchev–Trinajstić information content (AvgIpc) is 2.31. The van der Waals surface area contributed by atoms with Crippen LogP contribution in [-0.4, -0.2) is 23.1 Å².